The molecule has 4 heteroatoms. The zero-order chi connectivity index (χ0) is 17.8. The molecule has 1 fully saturated rings. The molecule has 1 rings (SSSR count). The van der Waals surface area contributed by atoms with Gasteiger partial charge in [0.25, 0.3) is 0 Å². The summed E-state index contributed by atoms with van der Waals surface area (Å²) in [6.07, 6.45) is 0. The molecule has 0 amide bonds. The quantitative estimate of drug-likeness (QED) is 0.416. The van der Waals surface area contributed by atoms with E-state index in [0.717, 1.165) is 0 Å². The Balaban J connectivity index is 3.82. The summed E-state index contributed by atoms with van der Waals surface area (Å²) in [4.78, 5) is 22.0. The maximum Gasteiger partial charge on any atom is 0.244 e. The van der Waals surface area contributed by atoms with Gasteiger partial charge in [-0.2, -0.15) is 9.78 Å². The highest BCUT2D eigenvalue weighted by atomic mass is 17.3. The largest absolute Gasteiger partial charge is 0.244 e. The van der Waals surface area contributed by atoms with Gasteiger partial charge >= 0.3 is 0 Å². The fourth-order valence-electron chi connectivity index (χ4n) is 4.61. The summed E-state index contributed by atoms with van der Waals surface area (Å²) in [5.41, 5.74) is -0.972. The van der Waals surface area contributed by atoms with E-state index in [4.69, 9.17) is 19.6 Å². The third-order valence-corrected chi connectivity index (χ3v) is 8.30. The van der Waals surface area contributed by atoms with E-state index >= 15 is 0 Å². The van der Waals surface area contributed by atoms with Crippen LogP contribution in [0, 0.1) is 27.1 Å². The Morgan fingerprint density at radius 1 is 0.409 bits per heavy atom. The molecule has 1 saturated carbocycles. The number of rotatable bonds is 4. The maximum atomic E-state index is 5.86. The van der Waals surface area contributed by atoms with Gasteiger partial charge in [-0.25, -0.2) is 9.78 Å². The maximum absolute atomic E-state index is 5.86. The van der Waals surface area contributed by atoms with Gasteiger partial charge in [-0.3, -0.25) is 0 Å². The summed E-state index contributed by atoms with van der Waals surface area (Å²) < 4.78 is 0. The molecule has 132 valence electrons. The zero-order valence-electron chi connectivity index (χ0n) is 16.6. The van der Waals surface area contributed by atoms with Crippen LogP contribution in [0.5, 0.6) is 0 Å². The molecule has 0 radical (unpaired) electrons. The molecule has 1 aliphatic carbocycles. The molecule has 0 bridgehead atoms. The highest BCUT2D eigenvalue weighted by molar-refractivity contribution is 5.20. The van der Waals surface area contributed by atoms with E-state index in [2.05, 4.69) is 69.2 Å². The minimum Gasteiger partial charge on any atom is -0.237 e. The Kier molecular flexibility index (Phi) is 4.67. The van der Waals surface area contributed by atoms with Gasteiger partial charge in [0.2, 0.25) is 5.79 Å². The predicted molar refractivity (Wildman–Crippen MR) is 87.8 cm³/mol. The van der Waals surface area contributed by atoms with Gasteiger partial charge in [0.05, 0.1) is 14.2 Å². The lowest BCUT2D eigenvalue weighted by molar-refractivity contribution is -0.580. The topological polar surface area (TPSA) is 36.9 Å². The first-order valence-corrected chi connectivity index (χ1v) is 8.06. The number of hydrogen-bond donors (Lipinski definition) is 0. The molecule has 1 aliphatic rings. The van der Waals surface area contributed by atoms with Gasteiger partial charge in [0, 0.05) is 10.8 Å². The van der Waals surface area contributed by atoms with Crippen LogP contribution in [-0.4, -0.2) is 20.0 Å². The first-order chi connectivity index (χ1) is 9.62. The van der Waals surface area contributed by atoms with Crippen LogP contribution in [0.3, 0.4) is 0 Å². The summed E-state index contributed by atoms with van der Waals surface area (Å²) in [7, 11) is 3.04. The molecular formula is C18H36O4. The van der Waals surface area contributed by atoms with E-state index < -0.39 is 5.79 Å². The average molecular weight is 316 g/mol. The van der Waals surface area contributed by atoms with Crippen molar-refractivity contribution in [2.75, 3.05) is 14.2 Å². The van der Waals surface area contributed by atoms with Crippen LogP contribution in [0.1, 0.15) is 69.2 Å². The van der Waals surface area contributed by atoms with E-state index in [0.29, 0.717) is 0 Å². The molecular weight excluding hydrogens is 280 g/mol. The van der Waals surface area contributed by atoms with E-state index in [1.54, 1.807) is 0 Å². The lowest BCUT2D eigenvalue weighted by Crippen LogP contribution is -2.77. The minimum absolute atomic E-state index is 0.0186. The van der Waals surface area contributed by atoms with E-state index in [9.17, 15) is 0 Å². The average Bonchev–Trinajstić information content (AvgIpc) is 2.35. The Morgan fingerprint density at radius 3 is 0.864 bits per heavy atom. The van der Waals surface area contributed by atoms with Crippen molar-refractivity contribution in [2.45, 2.75) is 75.0 Å². The van der Waals surface area contributed by atoms with Gasteiger partial charge in [0.15, 0.2) is 0 Å². The van der Waals surface area contributed by atoms with Crippen LogP contribution in [-0.2, 0) is 19.6 Å². The van der Waals surface area contributed by atoms with Crippen molar-refractivity contribution >= 4 is 0 Å². The summed E-state index contributed by atoms with van der Waals surface area (Å²) in [5, 5.41) is 0. The molecule has 0 aliphatic heterocycles. The Hall–Kier alpha value is -0.160. The van der Waals surface area contributed by atoms with Crippen LogP contribution in [0.4, 0.5) is 0 Å². The Morgan fingerprint density at radius 2 is 0.636 bits per heavy atom. The molecule has 0 spiro atoms. The highest BCUT2D eigenvalue weighted by Gasteiger charge is 2.78. The molecule has 4 nitrogen and oxygen atoms in total. The second-order valence-corrected chi connectivity index (χ2v) is 9.24. The highest BCUT2D eigenvalue weighted by Crippen LogP contribution is 2.76. The molecule has 22 heavy (non-hydrogen) atoms. The number of hydrogen-bond acceptors (Lipinski definition) is 4. The second kappa shape index (κ2) is 5.17. The minimum atomic E-state index is -1.05. The summed E-state index contributed by atoms with van der Waals surface area (Å²) >= 11 is 0. The fourth-order valence-corrected chi connectivity index (χ4v) is 4.61. The van der Waals surface area contributed by atoms with Crippen LogP contribution < -0.4 is 0 Å². The van der Waals surface area contributed by atoms with Gasteiger partial charge in [-0.05, 0) is 16.2 Å². The Labute approximate surface area is 136 Å². The summed E-state index contributed by atoms with van der Waals surface area (Å²) in [6, 6.07) is 0. The Bertz CT molecular complexity index is 381. The molecule has 0 aromatic carbocycles. The van der Waals surface area contributed by atoms with E-state index in [1.807, 2.05) is 0 Å². The van der Waals surface area contributed by atoms with Crippen LogP contribution in [0.25, 0.3) is 0 Å². The normalized spacial score (nSPS) is 30.0. The van der Waals surface area contributed by atoms with E-state index in [1.165, 1.54) is 14.2 Å². The van der Waals surface area contributed by atoms with Crippen molar-refractivity contribution in [1.29, 1.82) is 0 Å². The molecule has 0 aromatic rings. The molecule has 0 aromatic heterocycles. The van der Waals surface area contributed by atoms with Crippen molar-refractivity contribution in [3.05, 3.63) is 0 Å². The van der Waals surface area contributed by atoms with Crippen LogP contribution >= 0.6 is 0 Å². The molecule has 0 atom stereocenters. The lowest BCUT2D eigenvalue weighted by Gasteiger charge is -2.74. The SMILES string of the molecule is COOC1(OOC)C(C)(C)C(C)(C)C(C)(C)C(C)(C)C1(C)C. The van der Waals surface area contributed by atoms with Crippen molar-refractivity contribution in [3.63, 3.8) is 0 Å². The smallest absolute Gasteiger partial charge is 0.237 e. The monoisotopic (exact) mass is 316 g/mol. The van der Waals surface area contributed by atoms with Crippen molar-refractivity contribution in [2.24, 2.45) is 27.1 Å². The molecule has 0 heterocycles. The zero-order valence-corrected chi connectivity index (χ0v) is 16.6. The third-order valence-electron chi connectivity index (χ3n) is 8.30. The summed E-state index contributed by atoms with van der Waals surface area (Å²) in [5.74, 6) is -1.05. The van der Waals surface area contributed by atoms with E-state index in [-0.39, 0.29) is 27.1 Å². The van der Waals surface area contributed by atoms with Gasteiger partial charge in [-0.1, -0.05) is 69.2 Å². The second-order valence-electron chi connectivity index (χ2n) is 9.24. The van der Waals surface area contributed by atoms with Gasteiger partial charge in [0.1, 0.15) is 0 Å². The van der Waals surface area contributed by atoms with Crippen LogP contribution in [0.15, 0.2) is 0 Å². The lowest BCUT2D eigenvalue weighted by atomic mass is 9.33. The standard InChI is InChI=1S/C18H36O4/c1-13(2)14(3,4)16(7,8)18(21-19-11,22-20-12)17(9,10)15(13,5)6/h1-12H3. The van der Waals surface area contributed by atoms with Crippen molar-refractivity contribution in [3.8, 4) is 0 Å². The van der Waals surface area contributed by atoms with Crippen molar-refractivity contribution in [1.82, 2.24) is 0 Å². The van der Waals surface area contributed by atoms with Crippen molar-refractivity contribution < 1.29 is 19.6 Å². The molecule has 0 N–H and O–H groups in total. The third kappa shape index (κ3) is 1.84. The fraction of sp³-hybridized carbons (Fsp3) is 1.00. The summed E-state index contributed by atoms with van der Waals surface area (Å²) in [6.45, 7) is 22.4. The van der Waals surface area contributed by atoms with Crippen LogP contribution in [0.2, 0.25) is 0 Å². The van der Waals surface area contributed by atoms with Gasteiger partial charge in [-0.15, -0.1) is 0 Å². The first kappa shape index (κ1) is 19.9. The molecule has 0 unspecified atom stereocenters. The predicted octanol–water partition coefficient (Wildman–Crippen LogP) is 4.98. The first-order valence-electron chi connectivity index (χ1n) is 8.06. The van der Waals surface area contributed by atoms with Gasteiger partial charge < -0.3 is 0 Å². The molecule has 0 saturated heterocycles.